The van der Waals surface area contributed by atoms with Gasteiger partial charge in [0.25, 0.3) is 5.69 Å². The van der Waals surface area contributed by atoms with Crippen molar-refractivity contribution in [3.63, 3.8) is 0 Å². The molecular weight excluding hydrogens is 286 g/mol. The summed E-state index contributed by atoms with van der Waals surface area (Å²) in [4.78, 5) is 21.9. The summed E-state index contributed by atoms with van der Waals surface area (Å²) in [5, 5.41) is 16.8. The average Bonchev–Trinajstić information content (AvgIpc) is 3.12. The Kier molecular flexibility index (Phi) is 4.65. The van der Waals surface area contributed by atoms with Crippen LogP contribution in [-0.2, 0) is 11.3 Å². The highest BCUT2D eigenvalue weighted by Crippen LogP contribution is 2.23. The van der Waals surface area contributed by atoms with E-state index in [0.29, 0.717) is 6.54 Å². The van der Waals surface area contributed by atoms with Crippen LogP contribution in [0.4, 0.5) is 10.5 Å². The summed E-state index contributed by atoms with van der Waals surface area (Å²) in [6.45, 7) is 5.98. The molecule has 2 N–H and O–H groups in total. The van der Waals surface area contributed by atoms with E-state index >= 15 is 0 Å². The number of amides is 1. The molecule has 1 aliphatic carbocycles. The van der Waals surface area contributed by atoms with Gasteiger partial charge in [0.2, 0.25) is 0 Å². The third kappa shape index (κ3) is 5.00. The number of benzene rings is 1. The van der Waals surface area contributed by atoms with Gasteiger partial charge in [0.15, 0.2) is 0 Å². The fourth-order valence-electron chi connectivity index (χ4n) is 2.07. The summed E-state index contributed by atoms with van der Waals surface area (Å²) in [6.07, 6.45) is 0.408. The SMILES string of the molecule is CC(C)(C)OC(=O)NC1CC1NCc1cccc([N+](=O)[O-])c1. The van der Waals surface area contributed by atoms with E-state index in [2.05, 4.69) is 10.6 Å². The number of nitrogens with zero attached hydrogens (tertiary/aromatic N) is 1. The minimum atomic E-state index is -0.509. The summed E-state index contributed by atoms with van der Waals surface area (Å²) in [7, 11) is 0. The summed E-state index contributed by atoms with van der Waals surface area (Å²) in [5.74, 6) is 0. The summed E-state index contributed by atoms with van der Waals surface area (Å²) >= 11 is 0. The molecule has 1 aromatic carbocycles. The first kappa shape index (κ1) is 16.2. The topological polar surface area (TPSA) is 93.5 Å². The number of hydrogen-bond acceptors (Lipinski definition) is 5. The molecule has 1 amide bonds. The van der Waals surface area contributed by atoms with Crippen molar-refractivity contribution >= 4 is 11.8 Å². The number of nitrogens with one attached hydrogen (secondary N) is 2. The summed E-state index contributed by atoms with van der Waals surface area (Å²) < 4.78 is 5.19. The molecule has 7 heteroatoms. The van der Waals surface area contributed by atoms with Crippen molar-refractivity contribution in [3.05, 3.63) is 39.9 Å². The van der Waals surface area contributed by atoms with Crippen molar-refractivity contribution in [1.29, 1.82) is 0 Å². The van der Waals surface area contributed by atoms with Crippen LogP contribution in [0, 0.1) is 10.1 Å². The van der Waals surface area contributed by atoms with E-state index in [4.69, 9.17) is 4.74 Å². The van der Waals surface area contributed by atoms with Crippen molar-refractivity contribution in [2.75, 3.05) is 0 Å². The molecule has 0 aliphatic heterocycles. The van der Waals surface area contributed by atoms with Gasteiger partial charge >= 0.3 is 6.09 Å². The maximum atomic E-state index is 11.6. The predicted molar refractivity (Wildman–Crippen MR) is 81.5 cm³/mol. The zero-order valence-corrected chi connectivity index (χ0v) is 13.0. The Balaban J connectivity index is 1.75. The number of carbonyl (C=O) groups is 1. The van der Waals surface area contributed by atoms with E-state index in [9.17, 15) is 14.9 Å². The molecule has 0 heterocycles. The van der Waals surface area contributed by atoms with Crippen molar-refractivity contribution in [1.82, 2.24) is 10.6 Å². The smallest absolute Gasteiger partial charge is 0.407 e. The second kappa shape index (κ2) is 6.31. The molecule has 0 saturated heterocycles. The van der Waals surface area contributed by atoms with Gasteiger partial charge in [-0.2, -0.15) is 0 Å². The second-order valence-electron chi connectivity index (χ2n) is 6.40. The molecule has 2 unspecified atom stereocenters. The van der Waals surface area contributed by atoms with E-state index in [1.54, 1.807) is 12.1 Å². The van der Waals surface area contributed by atoms with E-state index in [-0.39, 0.29) is 17.8 Å². The molecule has 7 nitrogen and oxygen atoms in total. The first-order valence-electron chi connectivity index (χ1n) is 7.21. The number of rotatable bonds is 5. The summed E-state index contributed by atoms with van der Waals surface area (Å²) in [5.41, 5.74) is 0.417. The van der Waals surface area contributed by atoms with Gasteiger partial charge < -0.3 is 15.4 Å². The molecule has 1 aromatic rings. The van der Waals surface area contributed by atoms with Crippen LogP contribution in [0.5, 0.6) is 0 Å². The Bertz CT molecular complexity index is 568. The Labute approximate surface area is 129 Å². The molecule has 0 aromatic heterocycles. The van der Waals surface area contributed by atoms with E-state index in [1.165, 1.54) is 6.07 Å². The molecule has 120 valence electrons. The predicted octanol–water partition coefficient (Wildman–Crippen LogP) is 2.35. The molecule has 1 fully saturated rings. The van der Waals surface area contributed by atoms with Crippen LogP contribution in [0.25, 0.3) is 0 Å². The minimum Gasteiger partial charge on any atom is -0.444 e. The lowest BCUT2D eigenvalue weighted by atomic mass is 10.2. The van der Waals surface area contributed by atoms with Crippen molar-refractivity contribution < 1.29 is 14.5 Å². The lowest BCUT2D eigenvalue weighted by Crippen LogP contribution is -2.36. The summed E-state index contributed by atoms with van der Waals surface area (Å²) in [6, 6.07) is 6.73. The molecular formula is C15H21N3O4. The van der Waals surface area contributed by atoms with Gasteiger partial charge in [0, 0.05) is 30.8 Å². The maximum absolute atomic E-state index is 11.6. The number of nitro groups is 1. The Hall–Kier alpha value is -2.15. The highest BCUT2D eigenvalue weighted by atomic mass is 16.6. The Morgan fingerprint density at radius 3 is 2.77 bits per heavy atom. The molecule has 0 radical (unpaired) electrons. The standard InChI is InChI=1S/C15H21N3O4/c1-15(2,3)22-14(19)17-13-8-12(13)16-9-10-5-4-6-11(7-10)18(20)21/h4-7,12-13,16H,8-9H2,1-3H3,(H,17,19). The van der Waals surface area contributed by atoms with Gasteiger partial charge in [-0.05, 0) is 32.8 Å². The second-order valence-corrected chi connectivity index (χ2v) is 6.40. The molecule has 1 aliphatic rings. The fourth-order valence-corrected chi connectivity index (χ4v) is 2.07. The maximum Gasteiger partial charge on any atom is 0.407 e. The quantitative estimate of drug-likeness (QED) is 0.643. The number of ether oxygens (including phenoxy) is 1. The number of carbonyl (C=O) groups excluding carboxylic acids is 1. The van der Waals surface area contributed by atoms with Crippen LogP contribution in [-0.4, -0.2) is 28.7 Å². The lowest BCUT2D eigenvalue weighted by molar-refractivity contribution is -0.384. The molecule has 1 saturated carbocycles. The van der Waals surface area contributed by atoms with Crippen molar-refractivity contribution in [2.24, 2.45) is 0 Å². The van der Waals surface area contributed by atoms with Gasteiger partial charge in [-0.1, -0.05) is 12.1 Å². The molecule has 0 spiro atoms. The van der Waals surface area contributed by atoms with Gasteiger partial charge in [0.1, 0.15) is 5.60 Å². The van der Waals surface area contributed by atoms with Crippen molar-refractivity contribution in [3.8, 4) is 0 Å². The number of alkyl carbamates (subject to hydrolysis) is 1. The first-order valence-corrected chi connectivity index (χ1v) is 7.21. The first-order chi connectivity index (χ1) is 10.2. The Morgan fingerprint density at radius 2 is 2.14 bits per heavy atom. The lowest BCUT2D eigenvalue weighted by Gasteiger charge is -2.19. The van der Waals surface area contributed by atoms with Crippen molar-refractivity contribution in [2.45, 2.75) is 51.4 Å². The van der Waals surface area contributed by atoms with Gasteiger partial charge in [-0.3, -0.25) is 10.1 Å². The van der Waals surface area contributed by atoms with Gasteiger partial charge in [0.05, 0.1) is 4.92 Å². The average molecular weight is 307 g/mol. The molecule has 22 heavy (non-hydrogen) atoms. The highest BCUT2D eigenvalue weighted by molar-refractivity contribution is 5.68. The van der Waals surface area contributed by atoms with E-state index in [1.807, 2.05) is 26.8 Å². The van der Waals surface area contributed by atoms with Crippen LogP contribution >= 0.6 is 0 Å². The van der Waals surface area contributed by atoms with Crippen LogP contribution in [0.1, 0.15) is 32.8 Å². The third-order valence-electron chi connectivity index (χ3n) is 3.18. The van der Waals surface area contributed by atoms with Crippen LogP contribution < -0.4 is 10.6 Å². The van der Waals surface area contributed by atoms with Gasteiger partial charge in [-0.15, -0.1) is 0 Å². The van der Waals surface area contributed by atoms with Crippen LogP contribution in [0.2, 0.25) is 0 Å². The molecule has 2 rings (SSSR count). The van der Waals surface area contributed by atoms with Gasteiger partial charge in [-0.25, -0.2) is 4.79 Å². The monoisotopic (exact) mass is 307 g/mol. The molecule has 2 atom stereocenters. The largest absolute Gasteiger partial charge is 0.444 e. The zero-order chi connectivity index (χ0) is 16.3. The van der Waals surface area contributed by atoms with E-state index < -0.39 is 16.6 Å². The highest BCUT2D eigenvalue weighted by Gasteiger charge is 2.38. The number of hydrogen-bond donors (Lipinski definition) is 2. The normalized spacial score (nSPS) is 20.3. The van der Waals surface area contributed by atoms with Crippen LogP contribution in [0.3, 0.4) is 0 Å². The minimum absolute atomic E-state index is 0.0496. The number of nitro benzene ring substituents is 1. The molecule has 0 bridgehead atoms. The zero-order valence-electron chi connectivity index (χ0n) is 13.0. The van der Waals surface area contributed by atoms with E-state index in [0.717, 1.165) is 12.0 Å². The fraction of sp³-hybridized carbons (Fsp3) is 0.533. The van der Waals surface area contributed by atoms with Crippen LogP contribution in [0.15, 0.2) is 24.3 Å². The Morgan fingerprint density at radius 1 is 1.41 bits per heavy atom. The number of non-ortho nitro benzene ring substituents is 1. The third-order valence-corrected chi connectivity index (χ3v) is 3.18.